The molecule has 0 bridgehead atoms. The Morgan fingerprint density at radius 1 is 0.708 bits per heavy atom. The SMILES string of the molecule is COCCOCCOc1ccc2c(c1)c(C(=O)N(CCCCCC(=O)ON1C(=O)CCC1=O)S(=O)(=O)c1ccc(C)cc1)c1cc(OCCOCCOC)ccc1[n+]2CCCS(=O)(=O)O. The molecule has 3 amide bonds. The van der Waals surface area contributed by atoms with E-state index in [2.05, 4.69) is 0 Å². The molecule has 0 radical (unpaired) electrons. The van der Waals surface area contributed by atoms with E-state index in [0.717, 1.165) is 9.87 Å². The van der Waals surface area contributed by atoms with Gasteiger partial charge in [0.2, 0.25) is 11.0 Å². The first-order chi connectivity index (χ1) is 31.1. The van der Waals surface area contributed by atoms with E-state index < -0.39 is 49.6 Å². The monoisotopic (exact) mass is 946 g/mol. The number of rotatable bonds is 28. The van der Waals surface area contributed by atoms with Crippen molar-refractivity contribution in [1.82, 2.24) is 9.37 Å². The van der Waals surface area contributed by atoms with Gasteiger partial charge in [0.15, 0.2) is 6.54 Å². The fourth-order valence-corrected chi connectivity index (χ4v) is 8.87. The lowest BCUT2D eigenvalue weighted by atomic mass is 10.00. The molecule has 1 saturated heterocycles. The Balaban J connectivity index is 1.58. The molecule has 1 N–H and O–H groups in total. The summed E-state index contributed by atoms with van der Waals surface area (Å²) in [6, 6.07) is 16.0. The molecule has 19 nitrogen and oxygen atoms in total. The minimum atomic E-state index is -4.55. The third kappa shape index (κ3) is 14.3. The Labute approximate surface area is 378 Å². The van der Waals surface area contributed by atoms with Gasteiger partial charge in [-0.05, 0) is 56.2 Å². The number of hydrogen-bond donors (Lipinski definition) is 1. The molecule has 0 saturated carbocycles. The van der Waals surface area contributed by atoms with Crippen molar-refractivity contribution in [3.63, 3.8) is 0 Å². The highest BCUT2D eigenvalue weighted by atomic mass is 32.2. The summed E-state index contributed by atoms with van der Waals surface area (Å²) >= 11 is 0. The van der Waals surface area contributed by atoms with E-state index in [1.165, 1.54) is 12.1 Å². The number of fused-ring (bicyclic) bond motifs is 2. The number of aromatic nitrogens is 1. The molecular weight excluding hydrogens is 891 g/mol. The molecule has 1 fully saturated rings. The zero-order chi connectivity index (χ0) is 47.0. The highest BCUT2D eigenvalue weighted by Crippen LogP contribution is 2.33. The number of amides is 3. The number of pyridine rings is 1. The van der Waals surface area contributed by atoms with Crippen LogP contribution in [0.25, 0.3) is 21.8 Å². The standard InChI is InChI=1S/C44H55N3O16S2/c1-32-9-13-35(14-10-32)65(55,56)46(20-6-4-5-8-42(50)63-47-40(48)17-18-41(47)49)44(51)43-36-30-33(61-27-25-59-23-21-57-2)11-15-38(36)45(19-7-29-64(52,53)54)39-16-12-34(31-37(39)43)62-28-26-60-24-22-58-3/h9-16,30-31H,4-8,17-29H2,1-3H3/p+1. The molecule has 354 valence electrons. The number of benzene rings is 3. The molecule has 1 aromatic heterocycles. The van der Waals surface area contributed by atoms with Crippen LogP contribution in [0.3, 0.4) is 0 Å². The Kier molecular flexibility index (Phi) is 19.0. The number of ether oxygens (including phenoxy) is 6. The number of nitrogens with zero attached hydrogens (tertiary/aromatic N) is 3. The van der Waals surface area contributed by atoms with Crippen LogP contribution in [0.2, 0.25) is 0 Å². The molecular formula is C44H56N3O16S2+. The molecule has 0 spiro atoms. The van der Waals surface area contributed by atoms with Gasteiger partial charge in [-0.25, -0.2) is 17.5 Å². The smallest absolute Gasteiger partial charge is 0.333 e. The van der Waals surface area contributed by atoms with Gasteiger partial charge in [-0.3, -0.25) is 18.9 Å². The fraction of sp³-hybridized carbons (Fsp3) is 0.477. The first kappa shape index (κ1) is 50.7. The maximum absolute atomic E-state index is 15.4. The summed E-state index contributed by atoms with van der Waals surface area (Å²) in [5.41, 5.74) is 1.63. The van der Waals surface area contributed by atoms with Crippen molar-refractivity contribution in [3.8, 4) is 11.5 Å². The second kappa shape index (κ2) is 24.3. The Morgan fingerprint density at radius 3 is 1.77 bits per heavy atom. The van der Waals surface area contributed by atoms with Crippen LogP contribution in [0, 0.1) is 6.92 Å². The summed E-state index contributed by atoms with van der Waals surface area (Å²) in [5, 5.41) is 1.000. The second-order valence-electron chi connectivity index (χ2n) is 15.0. The summed E-state index contributed by atoms with van der Waals surface area (Å²) in [5.74, 6) is -2.82. The summed E-state index contributed by atoms with van der Waals surface area (Å²) in [6.45, 7) is 3.66. The third-order valence-corrected chi connectivity index (χ3v) is 12.8. The van der Waals surface area contributed by atoms with Gasteiger partial charge in [-0.2, -0.15) is 13.0 Å². The van der Waals surface area contributed by atoms with Gasteiger partial charge in [-0.1, -0.05) is 24.1 Å². The highest BCUT2D eigenvalue weighted by molar-refractivity contribution is 7.89. The van der Waals surface area contributed by atoms with Crippen LogP contribution in [0.4, 0.5) is 0 Å². The molecule has 0 unspecified atom stereocenters. The second-order valence-corrected chi connectivity index (χ2v) is 18.4. The van der Waals surface area contributed by atoms with Crippen LogP contribution < -0.4 is 14.0 Å². The molecule has 1 aliphatic heterocycles. The van der Waals surface area contributed by atoms with Crippen molar-refractivity contribution < 1.29 is 78.4 Å². The topological polar surface area (TPSA) is 232 Å². The minimum Gasteiger partial charge on any atom is -0.491 e. The average molecular weight is 947 g/mol. The van der Waals surface area contributed by atoms with E-state index in [-0.39, 0.29) is 106 Å². The lowest BCUT2D eigenvalue weighted by molar-refractivity contribution is -0.645. The van der Waals surface area contributed by atoms with E-state index in [4.69, 9.17) is 33.3 Å². The Hall–Kier alpha value is -5.29. The number of unbranched alkanes of at least 4 members (excludes halogenated alkanes) is 2. The lowest BCUT2D eigenvalue weighted by Crippen LogP contribution is -2.40. The summed E-state index contributed by atoms with van der Waals surface area (Å²) in [7, 11) is -5.78. The van der Waals surface area contributed by atoms with Crippen LogP contribution in [0.5, 0.6) is 11.5 Å². The van der Waals surface area contributed by atoms with Crippen LogP contribution in [-0.4, -0.2) is 134 Å². The lowest BCUT2D eigenvalue weighted by Gasteiger charge is -2.24. The van der Waals surface area contributed by atoms with E-state index >= 15 is 4.79 Å². The van der Waals surface area contributed by atoms with Crippen LogP contribution in [0.1, 0.15) is 60.9 Å². The van der Waals surface area contributed by atoms with Gasteiger partial charge in [-0.15, -0.1) is 5.06 Å². The molecule has 1 aliphatic rings. The van der Waals surface area contributed by atoms with Crippen molar-refractivity contribution >= 4 is 65.6 Å². The molecule has 5 rings (SSSR count). The largest absolute Gasteiger partial charge is 0.491 e. The number of aryl methyl sites for hydroxylation is 2. The van der Waals surface area contributed by atoms with Crippen molar-refractivity contribution in [3.05, 3.63) is 71.8 Å². The van der Waals surface area contributed by atoms with Gasteiger partial charge in [0.05, 0.1) is 66.6 Å². The van der Waals surface area contributed by atoms with E-state index in [9.17, 15) is 35.8 Å². The van der Waals surface area contributed by atoms with Gasteiger partial charge < -0.3 is 33.3 Å². The fourth-order valence-electron chi connectivity index (χ4n) is 6.96. The molecule has 21 heteroatoms. The van der Waals surface area contributed by atoms with Crippen molar-refractivity contribution in [1.29, 1.82) is 0 Å². The predicted octanol–water partition coefficient (Wildman–Crippen LogP) is 3.95. The van der Waals surface area contributed by atoms with E-state index in [1.54, 1.807) is 74.2 Å². The Morgan fingerprint density at radius 2 is 1.25 bits per heavy atom. The van der Waals surface area contributed by atoms with Gasteiger partial charge in [0.1, 0.15) is 24.7 Å². The quantitative estimate of drug-likeness (QED) is 0.0279. The number of sulfonamides is 1. The minimum absolute atomic E-state index is 0.0127. The summed E-state index contributed by atoms with van der Waals surface area (Å²) < 4.78 is 98.4. The number of carbonyl (C=O) groups is 4. The van der Waals surface area contributed by atoms with Gasteiger partial charge in [0.25, 0.3) is 37.9 Å². The van der Waals surface area contributed by atoms with Gasteiger partial charge in [0, 0.05) is 58.6 Å². The molecule has 3 aromatic carbocycles. The summed E-state index contributed by atoms with van der Waals surface area (Å²) in [6.07, 6.45) is 0.254. The average Bonchev–Trinajstić information content (AvgIpc) is 3.58. The number of carbonyl (C=O) groups excluding carboxylic acids is 4. The molecule has 4 aromatic rings. The highest BCUT2D eigenvalue weighted by Gasteiger charge is 2.36. The summed E-state index contributed by atoms with van der Waals surface area (Å²) in [4.78, 5) is 56.7. The zero-order valence-corrected chi connectivity index (χ0v) is 38.4. The first-order valence-electron chi connectivity index (χ1n) is 21.1. The molecule has 0 atom stereocenters. The van der Waals surface area contributed by atoms with Crippen molar-refractivity contribution in [2.75, 3.05) is 79.4 Å². The number of methoxy groups -OCH3 is 2. The maximum Gasteiger partial charge on any atom is 0.333 e. The number of hydroxylamine groups is 2. The van der Waals surface area contributed by atoms with Crippen LogP contribution >= 0.6 is 0 Å². The van der Waals surface area contributed by atoms with Crippen LogP contribution in [-0.2, 0) is 64.9 Å². The van der Waals surface area contributed by atoms with Crippen LogP contribution in [0.15, 0.2) is 65.6 Å². The van der Waals surface area contributed by atoms with Crippen molar-refractivity contribution in [2.24, 2.45) is 0 Å². The maximum atomic E-state index is 15.4. The molecule has 65 heavy (non-hydrogen) atoms. The van der Waals surface area contributed by atoms with E-state index in [0.29, 0.717) is 54.0 Å². The third-order valence-electron chi connectivity index (χ3n) is 10.2. The normalized spacial score (nSPS) is 13.2. The van der Waals surface area contributed by atoms with E-state index in [1.807, 2.05) is 0 Å². The molecule has 2 heterocycles. The van der Waals surface area contributed by atoms with Crippen molar-refractivity contribution in [2.45, 2.75) is 63.3 Å². The molecule has 0 aliphatic carbocycles. The Bertz CT molecular complexity index is 2420. The first-order valence-corrected chi connectivity index (χ1v) is 24.2. The zero-order valence-electron chi connectivity index (χ0n) is 36.7. The number of hydrogen-bond acceptors (Lipinski definition) is 15. The predicted molar refractivity (Wildman–Crippen MR) is 234 cm³/mol. The number of imide groups is 1. The van der Waals surface area contributed by atoms with Gasteiger partial charge >= 0.3 is 5.97 Å².